The number of hydrogen-bond acceptors (Lipinski definition) is 5. The smallest absolute Gasteiger partial charge is 0.256 e. The zero-order valence-corrected chi connectivity index (χ0v) is 17.5. The fourth-order valence-corrected chi connectivity index (χ4v) is 4.23. The van der Waals surface area contributed by atoms with Crippen molar-refractivity contribution in [3.63, 3.8) is 0 Å². The molecule has 1 N–H and O–H groups in total. The Labute approximate surface area is 181 Å². The second-order valence-electron chi connectivity index (χ2n) is 6.56. The van der Waals surface area contributed by atoms with E-state index in [4.69, 9.17) is 23.2 Å². The maximum atomic E-state index is 13.0. The van der Waals surface area contributed by atoms with Gasteiger partial charge in [-0.2, -0.15) is 9.36 Å². The van der Waals surface area contributed by atoms with Gasteiger partial charge in [0.05, 0.1) is 10.6 Å². The van der Waals surface area contributed by atoms with Crippen molar-refractivity contribution in [2.45, 2.75) is 18.9 Å². The number of nitrogens with one attached hydrogen (secondary N) is 1. The van der Waals surface area contributed by atoms with Crippen LogP contribution in [-0.4, -0.2) is 38.7 Å². The summed E-state index contributed by atoms with van der Waals surface area (Å²) in [5.74, 6) is -0.0434. The third-order valence-electron chi connectivity index (χ3n) is 4.66. The summed E-state index contributed by atoms with van der Waals surface area (Å²) in [4.78, 5) is 31.7. The molecule has 9 heteroatoms. The van der Waals surface area contributed by atoms with E-state index in [1.165, 1.54) is 11.0 Å². The average molecular weight is 447 g/mol. The molecule has 2 amide bonds. The van der Waals surface area contributed by atoms with E-state index in [1.807, 2.05) is 30.3 Å². The Morgan fingerprint density at radius 2 is 1.93 bits per heavy atom. The minimum absolute atomic E-state index is 0.287. The average Bonchev–Trinajstić information content (AvgIpc) is 3.40. The molecule has 4 rings (SSSR count). The molecule has 1 aromatic heterocycles. The van der Waals surface area contributed by atoms with Crippen LogP contribution in [0.4, 0.5) is 5.13 Å². The number of anilines is 1. The van der Waals surface area contributed by atoms with Crippen LogP contribution in [0.5, 0.6) is 0 Å². The molecule has 1 aliphatic heterocycles. The van der Waals surface area contributed by atoms with Gasteiger partial charge >= 0.3 is 0 Å². The van der Waals surface area contributed by atoms with Crippen LogP contribution >= 0.6 is 34.7 Å². The van der Waals surface area contributed by atoms with Crippen LogP contribution in [0, 0.1) is 0 Å². The highest BCUT2D eigenvalue weighted by atomic mass is 35.5. The third kappa shape index (κ3) is 4.27. The molecule has 1 atom stereocenters. The van der Waals surface area contributed by atoms with Crippen molar-refractivity contribution in [3.8, 4) is 11.4 Å². The monoisotopic (exact) mass is 446 g/mol. The Morgan fingerprint density at radius 3 is 2.72 bits per heavy atom. The highest BCUT2D eigenvalue weighted by Gasteiger charge is 2.35. The van der Waals surface area contributed by atoms with Gasteiger partial charge in [-0.05, 0) is 31.0 Å². The molecular weight excluding hydrogens is 431 g/mol. The van der Waals surface area contributed by atoms with Crippen molar-refractivity contribution in [1.82, 2.24) is 14.3 Å². The molecule has 1 saturated heterocycles. The normalized spacial score (nSPS) is 16.1. The fourth-order valence-electron chi connectivity index (χ4n) is 3.27. The standard InChI is InChI=1S/C20H16Cl2N4O2S/c21-13-8-9-15(22)14(11-13)19(28)26-10-4-7-16(26)18(27)24-20-23-17(25-29-20)12-5-2-1-3-6-12/h1-3,5-6,8-9,11,16H,4,7,10H2,(H,23,24,25,27)/t16-/m1/s1. The quantitative estimate of drug-likeness (QED) is 0.626. The highest BCUT2D eigenvalue weighted by molar-refractivity contribution is 7.10. The lowest BCUT2D eigenvalue weighted by atomic mass is 10.1. The van der Waals surface area contributed by atoms with Crippen LogP contribution in [0.1, 0.15) is 23.2 Å². The maximum Gasteiger partial charge on any atom is 0.256 e. The van der Waals surface area contributed by atoms with E-state index < -0.39 is 6.04 Å². The molecule has 6 nitrogen and oxygen atoms in total. The van der Waals surface area contributed by atoms with Gasteiger partial charge in [-0.3, -0.25) is 14.9 Å². The van der Waals surface area contributed by atoms with E-state index in [-0.39, 0.29) is 11.8 Å². The second kappa shape index (κ2) is 8.49. The molecule has 29 heavy (non-hydrogen) atoms. The van der Waals surface area contributed by atoms with Crippen LogP contribution in [0.3, 0.4) is 0 Å². The first-order chi connectivity index (χ1) is 14.0. The van der Waals surface area contributed by atoms with Crippen LogP contribution in [0.15, 0.2) is 48.5 Å². The van der Waals surface area contributed by atoms with Crippen molar-refractivity contribution in [2.24, 2.45) is 0 Å². The Kier molecular flexibility index (Phi) is 5.80. The van der Waals surface area contributed by atoms with Gasteiger partial charge in [-0.1, -0.05) is 53.5 Å². The summed E-state index contributed by atoms with van der Waals surface area (Å²) >= 11 is 13.3. The molecule has 3 aromatic rings. The fraction of sp³-hybridized carbons (Fsp3) is 0.200. The summed E-state index contributed by atoms with van der Waals surface area (Å²) in [7, 11) is 0. The first-order valence-corrected chi connectivity index (χ1v) is 10.5. The van der Waals surface area contributed by atoms with Crippen LogP contribution in [-0.2, 0) is 4.79 Å². The van der Waals surface area contributed by atoms with Gasteiger partial charge in [0, 0.05) is 28.7 Å². The summed E-state index contributed by atoms with van der Waals surface area (Å²) in [6.45, 7) is 0.477. The number of carbonyl (C=O) groups is 2. The van der Waals surface area contributed by atoms with Gasteiger partial charge in [0.1, 0.15) is 6.04 Å². The molecule has 148 valence electrons. The zero-order valence-electron chi connectivity index (χ0n) is 15.1. The number of likely N-dealkylation sites (tertiary alicyclic amines) is 1. The van der Waals surface area contributed by atoms with E-state index in [2.05, 4.69) is 14.7 Å². The number of carbonyl (C=O) groups excluding carboxylic acids is 2. The number of benzene rings is 2. The molecule has 0 spiro atoms. The number of amides is 2. The largest absolute Gasteiger partial charge is 0.327 e. The Hall–Kier alpha value is -2.48. The lowest BCUT2D eigenvalue weighted by molar-refractivity contribution is -0.119. The van der Waals surface area contributed by atoms with Crippen molar-refractivity contribution in [2.75, 3.05) is 11.9 Å². The van der Waals surface area contributed by atoms with E-state index in [9.17, 15) is 9.59 Å². The van der Waals surface area contributed by atoms with Gasteiger partial charge in [0.15, 0.2) is 5.82 Å². The van der Waals surface area contributed by atoms with Gasteiger partial charge in [0.25, 0.3) is 5.91 Å². The van der Waals surface area contributed by atoms with Crippen LogP contribution in [0.2, 0.25) is 10.0 Å². The molecule has 0 unspecified atom stereocenters. The van der Waals surface area contributed by atoms with Crippen molar-refractivity contribution in [1.29, 1.82) is 0 Å². The van der Waals surface area contributed by atoms with Crippen molar-refractivity contribution in [3.05, 3.63) is 64.1 Å². The summed E-state index contributed by atoms with van der Waals surface area (Å²) in [5, 5.41) is 3.91. The molecule has 0 bridgehead atoms. The van der Waals surface area contributed by atoms with Crippen LogP contribution in [0.25, 0.3) is 11.4 Å². The molecule has 2 heterocycles. The molecular formula is C20H16Cl2N4O2S. The molecule has 2 aromatic carbocycles. The SMILES string of the molecule is O=C(Nc1nc(-c2ccccc2)ns1)[C@H]1CCCN1C(=O)c1cc(Cl)ccc1Cl. The van der Waals surface area contributed by atoms with E-state index >= 15 is 0 Å². The van der Waals surface area contributed by atoms with Gasteiger partial charge < -0.3 is 4.90 Å². The lowest BCUT2D eigenvalue weighted by Crippen LogP contribution is -2.43. The maximum absolute atomic E-state index is 13.0. The van der Waals surface area contributed by atoms with Crippen molar-refractivity contribution >= 4 is 51.7 Å². The molecule has 1 fully saturated rings. The highest BCUT2D eigenvalue weighted by Crippen LogP contribution is 2.27. The number of hydrogen-bond donors (Lipinski definition) is 1. The summed E-state index contributed by atoms with van der Waals surface area (Å²) < 4.78 is 4.29. The predicted octanol–water partition coefficient (Wildman–Crippen LogP) is 4.76. The molecule has 0 radical (unpaired) electrons. The Balaban J connectivity index is 1.49. The Bertz CT molecular complexity index is 1060. The predicted molar refractivity (Wildman–Crippen MR) is 114 cm³/mol. The Morgan fingerprint density at radius 1 is 1.14 bits per heavy atom. The van der Waals surface area contributed by atoms with Crippen LogP contribution < -0.4 is 5.32 Å². The lowest BCUT2D eigenvalue weighted by Gasteiger charge is -2.24. The van der Waals surface area contributed by atoms with Crippen molar-refractivity contribution < 1.29 is 9.59 Å². The number of aromatic nitrogens is 2. The van der Waals surface area contributed by atoms with E-state index in [1.54, 1.807) is 12.1 Å². The minimum Gasteiger partial charge on any atom is -0.327 e. The number of halogens is 2. The first kappa shape index (κ1) is 19.8. The van der Waals surface area contributed by atoms with Gasteiger partial charge in [-0.15, -0.1) is 0 Å². The van der Waals surface area contributed by atoms with Gasteiger partial charge in [-0.25, -0.2) is 0 Å². The summed E-state index contributed by atoms with van der Waals surface area (Å²) in [5.41, 5.74) is 1.17. The second-order valence-corrected chi connectivity index (χ2v) is 8.15. The third-order valence-corrected chi connectivity index (χ3v) is 5.86. The van der Waals surface area contributed by atoms with Gasteiger partial charge in [0.2, 0.25) is 11.0 Å². The number of rotatable bonds is 4. The van der Waals surface area contributed by atoms with E-state index in [0.29, 0.717) is 39.5 Å². The molecule has 0 saturated carbocycles. The minimum atomic E-state index is -0.596. The first-order valence-electron chi connectivity index (χ1n) is 8.99. The molecule has 0 aliphatic carbocycles. The molecule has 1 aliphatic rings. The van der Waals surface area contributed by atoms with E-state index in [0.717, 1.165) is 23.5 Å². The summed E-state index contributed by atoms with van der Waals surface area (Å²) in [6, 6.07) is 13.6. The topological polar surface area (TPSA) is 75.2 Å². The summed E-state index contributed by atoms with van der Waals surface area (Å²) in [6.07, 6.45) is 1.30. The number of nitrogens with zero attached hydrogens (tertiary/aromatic N) is 3. The zero-order chi connectivity index (χ0) is 20.4.